The number of rotatable bonds is 6. The molecule has 0 amide bonds. The SMILES string of the molecule is CC(C)CCS(=O)(=O)CCn1cc(N)ccc1=O. The van der Waals surface area contributed by atoms with Gasteiger partial charge in [0.25, 0.3) is 5.56 Å². The van der Waals surface area contributed by atoms with Crippen LogP contribution in [0.2, 0.25) is 0 Å². The first-order valence-corrected chi connectivity index (χ1v) is 7.79. The van der Waals surface area contributed by atoms with Gasteiger partial charge in [-0.05, 0) is 18.4 Å². The highest BCUT2D eigenvalue weighted by molar-refractivity contribution is 7.91. The third-order valence-corrected chi connectivity index (χ3v) is 4.32. The van der Waals surface area contributed by atoms with Crippen LogP contribution in [0.4, 0.5) is 5.69 Å². The minimum atomic E-state index is -3.10. The summed E-state index contributed by atoms with van der Waals surface area (Å²) in [5, 5.41) is 0. The quantitative estimate of drug-likeness (QED) is 0.833. The van der Waals surface area contributed by atoms with Crippen LogP contribution in [-0.4, -0.2) is 24.5 Å². The number of hydrogen-bond donors (Lipinski definition) is 1. The molecule has 1 rings (SSSR count). The van der Waals surface area contributed by atoms with Crippen LogP contribution in [0, 0.1) is 5.92 Å². The summed E-state index contributed by atoms with van der Waals surface area (Å²) in [6.45, 7) is 4.13. The Balaban J connectivity index is 2.64. The highest BCUT2D eigenvalue weighted by Gasteiger charge is 2.12. The van der Waals surface area contributed by atoms with Gasteiger partial charge in [-0.15, -0.1) is 0 Å². The zero-order valence-electron chi connectivity index (χ0n) is 10.8. The van der Waals surface area contributed by atoms with Gasteiger partial charge in [-0.1, -0.05) is 13.8 Å². The number of nitrogen functional groups attached to an aromatic ring is 1. The molecule has 1 aromatic heterocycles. The summed E-state index contributed by atoms with van der Waals surface area (Å²) in [6.07, 6.45) is 2.12. The van der Waals surface area contributed by atoms with Gasteiger partial charge in [0.05, 0.1) is 11.5 Å². The molecule has 102 valence electrons. The summed E-state index contributed by atoms with van der Waals surface area (Å²) < 4.78 is 24.9. The Hall–Kier alpha value is -1.30. The van der Waals surface area contributed by atoms with Crippen molar-refractivity contribution < 1.29 is 8.42 Å². The highest BCUT2D eigenvalue weighted by Crippen LogP contribution is 2.04. The standard InChI is InChI=1S/C12H20N2O3S/c1-10(2)5-7-18(16,17)8-6-14-9-11(13)3-4-12(14)15/h3-4,9-10H,5-8,13H2,1-2H3. The van der Waals surface area contributed by atoms with Crippen LogP contribution in [0.5, 0.6) is 0 Å². The maximum absolute atomic E-state index is 11.8. The van der Waals surface area contributed by atoms with Gasteiger partial charge in [0, 0.05) is 24.5 Å². The number of sulfone groups is 1. The molecule has 0 fully saturated rings. The van der Waals surface area contributed by atoms with Crippen molar-refractivity contribution in [2.24, 2.45) is 5.92 Å². The number of pyridine rings is 1. The molecule has 1 aromatic rings. The van der Waals surface area contributed by atoms with Crippen molar-refractivity contribution in [2.45, 2.75) is 26.8 Å². The lowest BCUT2D eigenvalue weighted by molar-refractivity contribution is 0.567. The Bertz CT molecular complexity index is 547. The molecule has 18 heavy (non-hydrogen) atoms. The van der Waals surface area contributed by atoms with Crippen molar-refractivity contribution in [3.05, 3.63) is 28.7 Å². The number of anilines is 1. The van der Waals surface area contributed by atoms with Crippen molar-refractivity contribution in [3.63, 3.8) is 0 Å². The second-order valence-electron chi connectivity index (χ2n) is 4.83. The average molecular weight is 272 g/mol. The lowest BCUT2D eigenvalue weighted by Crippen LogP contribution is -2.24. The van der Waals surface area contributed by atoms with E-state index in [2.05, 4.69) is 0 Å². The molecule has 0 saturated heterocycles. The maximum Gasteiger partial charge on any atom is 0.250 e. The first-order valence-electron chi connectivity index (χ1n) is 5.96. The molecular formula is C12H20N2O3S. The molecule has 5 nitrogen and oxygen atoms in total. The van der Waals surface area contributed by atoms with Gasteiger partial charge < -0.3 is 10.3 Å². The van der Waals surface area contributed by atoms with Crippen LogP contribution < -0.4 is 11.3 Å². The van der Waals surface area contributed by atoms with Crippen LogP contribution in [0.3, 0.4) is 0 Å². The lowest BCUT2D eigenvalue weighted by atomic mass is 10.2. The van der Waals surface area contributed by atoms with Gasteiger partial charge in [0.2, 0.25) is 0 Å². The van der Waals surface area contributed by atoms with E-state index in [-0.39, 0.29) is 23.6 Å². The molecule has 6 heteroatoms. The molecule has 0 aromatic carbocycles. The van der Waals surface area contributed by atoms with Gasteiger partial charge in [-0.2, -0.15) is 0 Å². The van der Waals surface area contributed by atoms with Crippen molar-refractivity contribution in [1.82, 2.24) is 4.57 Å². The molecule has 0 aliphatic carbocycles. The molecule has 2 N–H and O–H groups in total. The second kappa shape index (κ2) is 6.04. The molecular weight excluding hydrogens is 252 g/mol. The minimum absolute atomic E-state index is 0.0247. The van der Waals surface area contributed by atoms with Crippen molar-refractivity contribution >= 4 is 15.5 Å². The molecule has 1 heterocycles. The Morgan fingerprint density at radius 1 is 1.28 bits per heavy atom. The molecule has 0 unspecified atom stereocenters. The average Bonchev–Trinajstić information content (AvgIpc) is 2.28. The summed E-state index contributed by atoms with van der Waals surface area (Å²) in [5.41, 5.74) is 5.78. The first-order chi connectivity index (χ1) is 8.30. The summed E-state index contributed by atoms with van der Waals surface area (Å²) in [5.74, 6) is 0.500. The Morgan fingerprint density at radius 2 is 1.94 bits per heavy atom. The Labute approximate surface area is 108 Å². The fourth-order valence-electron chi connectivity index (χ4n) is 1.48. The van der Waals surface area contributed by atoms with Crippen molar-refractivity contribution in [3.8, 4) is 0 Å². The minimum Gasteiger partial charge on any atom is -0.398 e. The highest BCUT2D eigenvalue weighted by atomic mass is 32.2. The van der Waals surface area contributed by atoms with Gasteiger partial charge in [-0.3, -0.25) is 4.79 Å². The van der Waals surface area contributed by atoms with E-state index in [1.165, 1.54) is 22.9 Å². The van der Waals surface area contributed by atoms with E-state index in [0.29, 0.717) is 18.0 Å². The topological polar surface area (TPSA) is 82.2 Å². The van der Waals surface area contributed by atoms with Crippen LogP contribution in [-0.2, 0) is 16.4 Å². The predicted molar refractivity (Wildman–Crippen MR) is 73.2 cm³/mol. The normalized spacial score (nSPS) is 11.9. The summed E-state index contributed by atoms with van der Waals surface area (Å²) >= 11 is 0. The largest absolute Gasteiger partial charge is 0.398 e. The van der Waals surface area contributed by atoms with E-state index >= 15 is 0 Å². The van der Waals surface area contributed by atoms with Crippen molar-refractivity contribution in [1.29, 1.82) is 0 Å². The number of nitrogens with two attached hydrogens (primary N) is 1. The molecule has 0 aliphatic heterocycles. The zero-order valence-corrected chi connectivity index (χ0v) is 11.6. The van der Waals surface area contributed by atoms with Crippen LogP contribution in [0.1, 0.15) is 20.3 Å². The van der Waals surface area contributed by atoms with E-state index in [0.717, 1.165) is 0 Å². The predicted octanol–water partition coefficient (Wildman–Crippen LogP) is 0.891. The summed E-state index contributed by atoms with van der Waals surface area (Å²) in [4.78, 5) is 11.5. The summed E-state index contributed by atoms with van der Waals surface area (Å²) in [6, 6.07) is 2.85. The molecule has 0 saturated carbocycles. The van der Waals surface area contributed by atoms with Gasteiger partial charge >= 0.3 is 0 Å². The van der Waals surface area contributed by atoms with E-state index in [1.54, 1.807) is 0 Å². The molecule has 0 radical (unpaired) electrons. The number of hydrogen-bond acceptors (Lipinski definition) is 4. The summed E-state index contributed by atoms with van der Waals surface area (Å²) in [7, 11) is -3.10. The fourth-order valence-corrected chi connectivity index (χ4v) is 2.99. The third-order valence-electron chi connectivity index (χ3n) is 2.66. The number of aryl methyl sites for hydroxylation is 1. The Kier molecular flexibility index (Phi) is 4.95. The Morgan fingerprint density at radius 3 is 2.56 bits per heavy atom. The third kappa shape index (κ3) is 4.91. The monoisotopic (exact) mass is 272 g/mol. The molecule has 0 aliphatic rings. The zero-order chi connectivity index (χ0) is 13.8. The van der Waals surface area contributed by atoms with Crippen LogP contribution >= 0.6 is 0 Å². The first kappa shape index (κ1) is 14.8. The van der Waals surface area contributed by atoms with Gasteiger partial charge in [-0.25, -0.2) is 8.42 Å². The second-order valence-corrected chi connectivity index (χ2v) is 7.13. The van der Waals surface area contributed by atoms with Gasteiger partial charge in [0.1, 0.15) is 0 Å². The number of nitrogens with zero attached hydrogens (tertiary/aromatic N) is 1. The van der Waals surface area contributed by atoms with E-state index in [9.17, 15) is 13.2 Å². The van der Waals surface area contributed by atoms with Crippen molar-refractivity contribution in [2.75, 3.05) is 17.2 Å². The maximum atomic E-state index is 11.8. The van der Waals surface area contributed by atoms with Crippen LogP contribution in [0.25, 0.3) is 0 Å². The van der Waals surface area contributed by atoms with E-state index in [1.807, 2.05) is 13.8 Å². The molecule has 0 bridgehead atoms. The molecule has 0 spiro atoms. The smallest absolute Gasteiger partial charge is 0.250 e. The molecule has 0 atom stereocenters. The lowest BCUT2D eigenvalue weighted by Gasteiger charge is -2.08. The van der Waals surface area contributed by atoms with Gasteiger partial charge in [0.15, 0.2) is 9.84 Å². The van der Waals surface area contributed by atoms with E-state index in [4.69, 9.17) is 5.73 Å². The fraction of sp³-hybridized carbons (Fsp3) is 0.583. The number of aromatic nitrogens is 1. The van der Waals surface area contributed by atoms with E-state index < -0.39 is 9.84 Å². The van der Waals surface area contributed by atoms with Crippen LogP contribution in [0.15, 0.2) is 23.1 Å².